The normalized spacial score (nSPS) is 23.1. The maximum Gasteiger partial charge on any atom is 0.418 e. The van der Waals surface area contributed by atoms with Crippen LogP contribution in [-0.4, -0.2) is 17.7 Å². The van der Waals surface area contributed by atoms with E-state index >= 15 is 0 Å². The third-order valence-corrected chi connectivity index (χ3v) is 5.72. The number of hydrogen-bond acceptors (Lipinski definition) is 3. The van der Waals surface area contributed by atoms with Gasteiger partial charge < -0.3 is 5.32 Å². The summed E-state index contributed by atoms with van der Waals surface area (Å²) in [4.78, 5) is 39.5. The van der Waals surface area contributed by atoms with Crippen molar-refractivity contribution in [3.63, 3.8) is 0 Å². The van der Waals surface area contributed by atoms with E-state index in [9.17, 15) is 27.6 Å². The van der Waals surface area contributed by atoms with Crippen LogP contribution in [0.2, 0.25) is 0 Å². The van der Waals surface area contributed by atoms with Gasteiger partial charge >= 0.3 is 6.18 Å². The van der Waals surface area contributed by atoms with Crippen LogP contribution in [0.5, 0.6) is 0 Å². The number of allylic oxidation sites excluding steroid dienone is 2. The Bertz CT molecular complexity index is 1090. The van der Waals surface area contributed by atoms with E-state index < -0.39 is 29.5 Å². The van der Waals surface area contributed by atoms with E-state index in [0.717, 1.165) is 17.0 Å². The molecule has 1 N–H and O–H groups in total. The number of nitrogens with one attached hydrogen (secondary N) is 1. The second-order valence-electron chi connectivity index (χ2n) is 7.71. The maximum absolute atomic E-state index is 13.2. The third-order valence-electron chi connectivity index (χ3n) is 5.72. The van der Waals surface area contributed by atoms with Gasteiger partial charge in [-0.1, -0.05) is 37.3 Å². The Morgan fingerprint density at radius 2 is 1.81 bits per heavy atom. The van der Waals surface area contributed by atoms with E-state index in [-0.39, 0.29) is 34.7 Å². The fourth-order valence-electron chi connectivity index (χ4n) is 4.22. The van der Waals surface area contributed by atoms with Crippen molar-refractivity contribution in [1.29, 1.82) is 0 Å². The minimum atomic E-state index is -4.62. The van der Waals surface area contributed by atoms with Crippen LogP contribution in [0.1, 0.15) is 29.3 Å². The summed E-state index contributed by atoms with van der Waals surface area (Å²) in [5.41, 5.74) is -1.07. The van der Waals surface area contributed by atoms with Gasteiger partial charge in [0.1, 0.15) is 0 Å². The molecular formula is C23H19F3N2O3. The number of alkyl halides is 3. The van der Waals surface area contributed by atoms with Crippen molar-refractivity contribution in [3.05, 3.63) is 71.8 Å². The molecule has 0 bridgehead atoms. The smallest absolute Gasteiger partial charge is 0.321 e. The highest BCUT2D eigenvalue weighted by atomic mass is 19.4. The second-order valence-corrected chi connectivity index (χ2v) is 7.71. The fourth-order valence-corrected chi connectivity index (χ4v) is 4.22. The Kier molecular flexibility index (Phi) is 5.16. The summed E-state index contributed by atoms with van der Waals surface area (Å²) in [6.07, 6.45) is -0.341. The van der Waals surface area contributed by atoms with E-state index in [1.54, 1.807) is 0 Å². The highest BCUT2D eigenvalue weighted by Crippen LogP contribution is 2.40. The molecule has 4 rings (SSSR count). The van der Waals surface area contributed by atoms with Crippen molar-refractivity contribution in [1.82, 2.24) is 0 Å². The number of carbonyl (C=O) groups excluding carboxylic acids is 3. The van der Waals surface area contributed by atoms with Gasteiger partial charge in [0.2, 0.25) is 11.8 Å². The Morgan fingerprint density at radius 1 is 1.06 bits per heavy atom. The molecule has 5 nitrogen and oxygen atoms in total. The van der Waals surface area contributed by atoms with Crippen LogP contribution in [-0.2, 0) is 15.8 Å². The molecular weight excluding hydrogens is 409 g/mol. The molecule has 31 heavy (non-hydrogen) atoms. The molecule has 3 atom stereocenters. The third kappa shape index (κ3) is 3.73. The van der Waals surface area contributed by atoms with Crippen LogP contribution in [0.25, 0.3) is 0 Å². The molecule has 0 spiro atoms. The zero-order valence-electron chi connectivity index (χ0n) is 16.5. The number of hydrogen-bond donors (Lipinski definition) is 1. The molecule has 0 saturated carbocycles. The monoisotopic (exact) mass is 428 g/mol. The lowest BCUT2D eigenvalue weighted by Crippen LogP contribution is -2.31. The van der Waals surface area contributed by atoms with E-state index in [4.69, 9.17) is 0 Å². The van der Waals surface area contributed by atoms with Crippen LogP contribution < -0.4 is 10.2 Å². The van der Waals surface area contributed by atoms with Crippen LogP contribution in [0.4, 0.5) is 24.5 Å². The summed E-state index contributed by atoms with van der Waals surface area (Å²) < 4.78 is 39.6. The second kappa shape index (κ2) is 7.68. The minimum Gasteiger partial charge on any atom is -0.321 e. The summed E-state index contributed by atoms with van der Waals surface area (Å²) in [6, 6.07) is 10.4. The van der Waals surface area contributed by atoms with Gasteiger partial charge in [-0.25, -0.2) is 0 Å². The molecule has 0 aromatic heterocycles. The van der Waals surface area contributed by atoms with Crippen molar-refractivity contribution in [3.8, 4) is 0 Å². The first-order chi connectivity index (χ1) is 14.7. The number of rotatable bonds is 3. The van der Waals surface area contributed by atoms with Crippen LogP contribution >= 0.6 is 0 Å². The highest BCUT2D eigenvalue weighted by Gasteiger charge is 2.50. The highest BCUT2D eigenvalue weighted by molar-refractivity contribution is 6.22. The lowest BCUT2D eigenvalue weighted by Gasteiger charge is -2.22. The average molecular weight is 428 g/mol. The lowest BCUT2D eigenvalue weighted by molar-refractivity contribution is -0.137. The van der Waals surface area contributed by atoms with E-state index in [0.29, 0.717) is 6.42 Å². The number of benzene rings is 2. The van der Waals surface area contributed by atoms with Gasteiger partial charge in [0, 0.05) is 5.56 Å². The first kappa shape index (κ1) is 20.8. The van der Waals surface area contributed by atoms with Crippen LogP contribution in [0.15, 0.2) is 60.7 Å². The molecule has 1 aliphatic heterocycles. The molecule has 1 heterocycles. The molecule has 2 aliphatic rings. The van der Waals surface area contributed by atoms with Gasteiger partial charge in [-0.3, -0.25) is 19.3 Å². The molecule has 0 radical (unpaired) electrons. The number of anilines is 2. The van der Waals surface area contributed by atoms with Gasteiger partial charge in [0.05, 0.1) is 28.8 Å². The van der Waals surface area contributed by atoms with Crippen molar-refractivity contribution >= 4 is 29.1 Å². The van der Waals surface area contributed by atoms with Crippen molar-refractivity contribution in [2.45, 2.75) is 19.5 Å². The Balaban J connectivity index is 1.61. The van der Waals surface area contributed by atoms with Crippen molar-refractivity contribution in [2.24, 2.45) is 17.8 Å². The fraction of sp³-hybridized carbons (Fsp3) is 0.261. The van der Waals surface area contributed by atoms with Crippen LogP contribution in [0.3, 0.4) is 0 Å². The molecule has 160 valence electrons. The summed E-state index contributed by atoms with van der Waals surface area (Å²) in [5, 5.41) is 2.27. The molecule has 2 aromatic carbocycles. The van der Waals surface area contributed by atoms with E-state index in [1.165, 1.54) is 36.4 Å². The summed E-state index contributed by atoms with van der Waals surface area (Å²) >= 11 is 0. The van der Waals surface area contributed by atoms with Gasteiger partial charge in [-0.15, -0.1) is 0 Å². The van der Waals surface area contributed by atoms with Crippen molar-refractivity contribution in [2.75, 3.05) is 10.2 Å². The molecule has 0 unspecified atom stereocenters. The molecule has 2 aromatic rings. The Labute approximate surface area is 176 Å². The first-order valence-corrected chi connectivity index (χ1v) is 9.80. The summed E-state index contributed by atoms with van der Waals surface area (Å²) in [5.74, 6) is -2.40. The Morgan fingerprint density at radius 3 is 2.52 bits per heavy atom. The van der Waals surface area contributed by atoms with Crippen LogP contribution in [0, 0.1) is 17.8 Å². The zero-order chi connectivity index (χ0) is 22.3. The number of amides is 3. The summed E-state index contributed by atoms with van der Waals surface area (Å²) in [6.45, 7) is 1.88. The SMILES string of the molecule is C[C@@H]1C=CC[C@@H]2C(=O)N(c3cccc(C(=O)Nc4ccccc4C(F)(F)F)c3)C(=O)[C@H]12. The van der Waals surface area contributed by atoms with Gasteiger partial charge in [-0.2, -0.15) is 13.2 Å². The molecule has 1 aliphatic carbocycles. The van der Waals surface area contributed by atoms with Gasteiger partial charge in [0.25, 0.3) is 5.91 Å². The van der Waals surface area contributed by atoms with Gasteiger partial charge in [-0.05, 0) is 42.7 Å². The quantitative estimate of drug-likeness (QED) is 0.571. The number of carbonyl (C=O) groups is 3. The predicted octanol–water partition coefficient (Wildman–Crippen LogP) is 4.66. The number of nitrogens with zero attached hydrogens (tertiary/aromatic N) is 1. The largest absolute Gasteiger partial charge is 0.418 e. The van der Waals surface area contributed by atoms with E-state index in [1.807, 2.05) is 19.1 Å². The van der Waals surface area contributed by atoms with E-state index in [2.05, 4.69) is 5.32 Å². The lowest BCUT2D eigenvalue weighted by atomic mass is 9.78. The zero-order valence-corrected chi connectivity index (χ0v) is 16.5. The molecule has 3 amide bonds. The topological polar surface area (TPSA) is 66.5 Å². The predicted molar refractivity (Wildman–Crippen MR) is 108 cm³/mol. The number of fused-ring (bicyclic) bond motifs is 1. The average Bonchev–Trinajstić information content (AvgIpc) is 2.99. The molecule has 1 saturated heterocycles. The minimum absolute atomic E-state index is 0.0381. The number of para-hydroxylation sites is 1. The standard InChI is InChI=1S/C23H19F3N2O3/c1-13-6-4-9-16-19(13)22(31)28(21(16)30)15-8-5-7-14(12-15)20(29)27-18-11-3-2-10-17(18)23(24,25)26/h2-8,10-13,16,19H,9H2,1H3,(H,27,29)/t13-,16+,19-/m1/s1. The number of halogens is 3. The van der Waals surface area contributed by atoms with Gasteiger partial charge in [0.15, 0.2) is 0 Å². The molecule has 8 heteroatoms. The maximum atomic E-state index is 13.2. The van der Waals surface area contributed by atoms with Crippen molar-refractivity contribution < 1.29 is 27.6 Å². The number of imide groups is 1. The molecule has 1 fully saturated rings. The first-order valence-electron chi connectivity index (χ1n) is 9.80. The summed E-state index contributed by atoms with van der Waals surface area (Å²) in [7, 11) is 0. The Hall–Kier alpha value is -3.42.